The van der Waals surface area contributed by atoms with Crippen LogP contribution in [0.4, 0.5) is 4.79 Å². The lowest BCUT2D eigenvalue weighted by atomic mass is 10.1. The standard InChI is InChI=1S/C17H23N5O2S/c1-5-22-14(12-9-7-6-8-11(12)4)20-21-17(22)25-13(10(2)3)15(23)19-16(18)24/h6-10,13H,5H2,1-4H3,(H3,18,19,23,24)/t13-/m0/s1. The third kappa shape index (κ3) is 4.39. The van der Waals surface area contributed by atoms with Crippen molar-refractivity contribution in [2.75, 3.05) is 0 Å². The molecule has 0 radical (unpaired) electrons. The molecule has 3 N–H and O–H groups in total. The Balaban J connectivity index is 2.35. The van der Waals surface area contributed by atoms with Crippen LogP contribution in [-0.2, 0) is 11.3 Å². The Bertz CT molecular complexity index is 772. The van der Waals surface area contributed by atoms with Crippen molar-refractivity contribution in [2.45, 2.75) is 44.6 Å². The fraction of sp³-hybridized carbons (Fsp3) is 0.412. The van der Waals surface area contributed by atoms with Gasteiger partial charge < -0.3 is 10.3 Å². The number of thioether (sulfide) groups is 1. The topological polar surface area (TPSA) is 103 Å². The number of urea groups is 1. The number of imide groups is 1. The number of primary amides is 1. The summed E-state index contributed by atoms with van der Waals surface area (Å²) in [4.78, 5) is 23.2. The van der Waals surface area contributed by atoms with E-state index in [1.165, 1.54) is 11.8 Å². The second-order valence-electron chi connectivity index (χ2n) is 6.00. The van der Waals surface area contributed by atoms with Gasteiger partial charge in [-0.1, -0.05) is 49.9 Å². The van der Waals surface area contributed by atoms with Crippen molar-refractivity contribution < 1.29 is 9.59 Å². The predicted octanol–water partition coefficient (Wildman–Crippen LogP) is 2.59. The van der Waals surface area contributed by atoms with Gasteiger partial charge in [-0.25, -0.2) is 4.79 Å². The molecule has 3 amide bonds. The molecular formula is C17H23N5O2S. The van der Waals surface area contributed by atoms with Crippen molar-refractivity contribution in [3.8, 4) is 11.4 Å². The zero-order valence-electron chi connectivity index (χ0n) is 14.8. The molecule has 0 aliphatic rings. The van der Waals surface area contributed by atoms with E-state index in [4.69, 9.17) is 5.73 Å². The fourth-order valence-electron chi connectivity index (χ4n) is 2.48. The van der Waals surface area contributed by atoms with Crippen LogP contribution in [0, 0.1) is 12.8 Å². The van der Waals surface area contributed by atoms with Gasteiger partial charge in [0.15, 0.2) is 11.0 Å². The average molecular weight is 361 g/mol. The normalized spacial score (nSPS) is 12.2. The molecule has 1 aromatic heterocycles. The number of carbonyl (C=O) groups excluding carboxylic acids is 2. The Labute approximate surface area is 151 Å². The van der Waals surface area contributed by atoms with Gasteiger partial charge in [-0.05, 0) is 25.3 Å². The largest absolute Gasteiger partial charge is 0.351 e. The van der Waals surface area contributed by atoms with Gasteiger partial charge in [-0.2, -0.15) is 0 Å². The van der Waals surface area contributed by atoms with Crippen molar-refractivity contribution in [1.82, 2.24) is 20.1 Å². The van der Waals surface area contributed by atoms with Gasteiger partial charge in [0.1, 0.15) is 0 Å². The number of carbonyl (C=O) groups is 2. The van der Waals surface area contributed by atoms with E-state index in [1.807, 2.05) is 56.5 Å². The van der Waals surface area contributed by atoms with Crippen LogP contribution >= 0.6 is 11.8 Å². The molecule has 2 aromatic rings. The van der Waals surface area contributed by atoms with Gasteiger partial charge in [0.2, 0.25) is 5.91 Å². The molecule has 0 aliphatic carbocycles. The van der Waals surface area contributed by atoms with Crippen LogP contribution in [0.15, 0.2) is 29.4 Å². The Morgan fingerprint density at radius 1 is 1.28 bits per heavy atom. The number of amides is 3. The highest BCUT2D eigenvalue weighted by Crippen LogP contribution is 2.31. The summed E-state index contributed by atoms with van der Waals surface area (Å²) in [5.74, 6) is 0.338. The minimum absolute atomic E-state index is 0.00623. The quantitative estimate of drug-likeness (QED) is 0.770. The Hall–Kier alpha value is -2.35. The highest BCUT2D eigenvalue weighted by molar-refractivity contribution is 8.00. The zero-order valence-corrected chi connectivity index (χ0v) is 15.6. The summed E-state index contributed by atoms with van der Waals surface area (Å²) in [7, 11) is 0. The Morgan fingerprint density at radius 3 is 2.52 bits per heavy atom. The minimum atomic E-state index is -0.853. The highest BCUT2D eigenvalue weighted by Gasteiger charge is 2.27. The minimum Gasteiger partial charge on any atom is -0.351 e. The second-order valence-corrected chi connectivity index (χ2v) is 7.11. The molecule has 0 bridgehead atoms. The van der Waals surface area contributed by atoms with Gasteiger partial charge in [-0.3, -0.25) is 10.1 Å². The van der Waals surface area contributed by atoms with Crippen LogP contribution in [0.3, 0.4) is 0 Å². The lowest BCUT2D eigenvalue weighted by Crippen LogP contribution is -2.42. The number of nitrogens with two attached hydrogens (primary N) is 1. The number of aromatic nitrogens is 3. The second kappa shape index (κ2) is 8.15. The molecule has 25 heavy (non-hydrogen) atoms. The number of rotatable bonds is 6. The summed E-state index contributed by atoms with van der Waals surface area (Å²) in [6.07, 6.45) is 0. The number of nitrogens with one attached hydrogen (secondary N) is 1. The Morgan fingerprint density at radius 2 is 1.96 bits per heavy atom. The molecule has 1 heterocycles. The first-order valence-electron chi connectivity index (χ1n) is 8.11. The van der Waals surface area contributed by atoms with Crippen LogP contribution in [0.5, 0.6) is 0 Å². The third-order valence-corrected chi connectivity index (χ3v) is 5.29. The van der Waals surface area contributed by atoms with E-state index < -0.39 is 17.2 Å². The SMILES string of the molecule is CCn1c(S[C@H](C(=O)NC(N)=O)C(C)C)nnc1-c1ccccc1C. The number of hydrogen-bond acceptors (Lipinski definition) is 5. The lowest BCUT2D eigenvalue weighted by Gasteiger charge is -2.18. The number of nitrogens with zero attached hydrogens (tertiary/aromatic N) is 3. The van der Waals surface area contributed by atoms with Gasteiger partial charge in [0, 0.05) is 12.1 Å². The van der Waals surface area contributed by atoms with Crippen molar-refractivity contribution >= 4 is 23.7 Å². The molecule has 0 aliphatic heterocycles. The molecule has 0 saturated carbocycles. The smallest absolute Gasteiger partial charge is 0.318 e. The van der Waals surface area contributed by atoms with E-state index >= 15 is 0 Å². The Kier molecular flexibility index (Phi) is 6.19. The number of hydrogen-bond donors (Lipinski definition) is 2. The fourth-order valence-corrected chi connectivity index (χ4v) is 3.58. The van der Waals surface area contributed by atoms with Crippen molar-refractivity contribution in [3.63, 3.8) is 0 Å². The molecular weight excluding hydrogens is 338 g/mol. The molecule has 0 unspecified atom stereocenters. The van der Waals surface area contributed by atoms with Crippen molar-refractivity contribution in [1.29, 1.82) is 0 Å². The summed E-state index contributed by atoms with van der Waals surface area (Å²) in [5, 5.41) is 10.9. The lowest BCUT2D eigenvalue weighted by molar-refractivity contribution is -0.120. The maximum atomic E-state index is 12.2. The van der Waals surface area contributed by atoms with E-state index in [2.05, 4.69) is 15.5 Å². The molecule has 7 nitrogen and oxygen atoms in total. The summed E-state index contributed by atoms with van der Waals surface area (Å²) in [6.45, 7) is 8.51. The van der Waals surface area contributed by atoms with Crippen LogP contribution < -0.4 is 11.1 Å². The molecule has 1 aromatic carbocycles. The van der Waals surface area contributed by atoms with Crippen LogP contribution in [0.1, 0.15) is 26.3 Å². The third-order valence-electron chi connectivity index (χ3n) is 3.76. The zero-order chi connectivity index (χ0) is 18.6. The first-order chi connectivity index (χ1) is 11.8. The van der Waals surface area contributed by atoms with E-state index in [0.29, 0.717) is 11.7 Å². The van der Waals surface area contributed by atoms with Gasteiger partial charge >= 0.3 is 6.03 Å². The molecule has 0 fully saturated rings. The van der Waals surface area contributed by atoms with E-state index in [0.717, 1.165) is 17.0 Å². The van der Waals surface area contributed by atoms with Gasteiger partial charge in [0.05, 0.1) is 5.25 Å². The van der Waals surface area contributed by atoms with Crippen LogP contribution in [-0.4, -0.2) is 32.0 Å². The summed E-state index contributed by atoms with van der Waals surface area (Å²) in [5.41, 5.74) is 7.17. The van der Waals surface area contributed by atoms with Crippen LogP contribution in [0.2, 0.25) is 0 Å². The molecule has 0 saturated heterocycles. The van der Waals surface area contributed by atoms with Gasteiger partial charge in [-0.15, -0.1) is 10.2 Å². The maximum Gasteiger partial charge on any atom is 0.318 e. The average Bonchev–Trinajstić information content (AvgIpc) is 2.94. The summed E-state index contributed by atoms with van der Waals surface area (Å²) >= 11 is 1.29. The van der Waals surface area contributed by atoms with Crippen LogP contribution in [0.25, 0.3) is 11.4 Å². The first-order valence-corrected chi connectivity index (χ1v) is 8.99. The number of benzene rings is 1. The van der Waals surface area contributed by atoms with E-state index in [1.54, 1.807) is 0 Å². The summed E-state index contributed by atoms with van der Waals surface area (Å²) in [6, 6.07) is 7.10. The molecule has 2 rings (SSSR count). The summed E-state index contributed by atoms with van der Waals surface area (Å²) < 4.78 is 1.97. The van der Waals surface area contributed by atoms with E-state index in [9.17, 15) is 9.59 Å². The first kappa shape index (κ1) is 19.0. The van der Waals surface area contributed by atoms with Crippen molar-refractivity contribution in [2.24, 2.45) is 11.7 Å². The molecule has 8 heteroatoms. The van der Waals surface area contributed by atoms with Crippen molar-refractivity contribution in [3.05, 3.63) is 29.8 Å². The monoisotopic (exact) mass is 361 g/mol. The van der Waals surface area contributed by atoms with E-state index in [-0.39, 0.29) is 5.92 Å². The number of aryl methyl sites for hydroxylation is 1. The molecule has 134 valence electrons. The highest BCUT2D eigenvalue weighted by atomic mass is 32.2. The molecule has 1 atom stereocenters. The predicted molar refractivity (Wildman–Crippen MR) is 98.1 cm³/mol. The maximum absolute atomic E-state index is 12.2. The molecule has 0 spiro atoms. The van der Waals surface area contributed by atoms with Gasteiger partial charge in [0.25, 0.3) is 0 Å².